The van der Waals surface area contributed by atoms with Crippen LogP contribution in [0.5, 0.6) is 0 Å². The molecule has 0 bridgehead atoms. The Bertz CT molecular complexity index is 563. The number of hydrogen-bond acceptors (Lipinski definition) is 5. The summed E-state index contributed by atoms with van der Waals surface area (Å²) in [5.41, 5.74) is -0.305. The molecule has 0 aromatic carbocycles. The maximum atomic E-state index is 11.8. The number of carbonyl (C=O) groups is 2. The fraction of sp³-hybridized carbons (Fsp3) is 0.300. The lowest BCUT2D eigenvalue weighted by atomic mass is 10.3. The van der Waals surface area contributed by atoms with Gasteiger partial charge in [-0.2, -0.15) is 0 Å². The Morgan fingerprint density at radius 3 is 2.47 bits per heavy atom. The molecule has 5 nitrogen and oxygen atoms in total. The van der Waals surface area contributed by atoms with Crippen molar-refractivity contribution in [3.63, 3.8) is 0 Å². The summed E-state index contributed by atoms with van der Waals surface area (Å²) < 4.78 is 9.58. The molecule has 1 fully saturated rings. The minimum Gasteiger partial charge on any atom is -0.463 e. The number of carbonyl (C=O) groups excluding carboxylic acids is 2. The molecule has 0 amide bonds. The smallest absolute Gasteiger partial charge is 0.359 e. The predicted molar refractivity (Wildman–Crippen MR) is 69.1 cm³/mol. The second-order valence-corrected chi connectivity index (χ2v) is 5.04. The molecule has 0 saturated carbocycles. The zero-order valence-corrected chi connectivity index (χ0v) is 12.1. The highest BCUT2D eigenvalue weighted by molar-refractivity contribution is 6.52. The molecular formula is C10H5Cl4NO4. The van der Waals surface area contributed by atoms with Crippen LogP contribution in [0.3, 0.4) is 0 Å². The van der Waals surface area contributed by atoms with E-state index in [-0.39, 0.29) is 38.9 Å². The predicted octanol–water partition coefficient (Wildman–Crippen LogP) is 3.17. The molecule has 1 atom stereocenters. The molecule has 0 N–H and O–H groups in total. The Balaban J connectivity index is 2.27. The van der Waals surface area contributed by atoms with Crippen LogP contribution < -0.4 is 0 Å². The number of aromatic nitrogens is 1. The third kappa shape index (κ3) is 2.89. The summed E-state index contributed by atoms with van der Waals surface area (Å²) in [4.78, 5) is 26.7. The number of esters is 2. The van der Waals surface area contributed by atoms with E-state index < -0.39 is 18.0 Å². The average Bonchev–Trinajstić information content (AvgIpc) is 2.77. The molecule has 1 aromatic heterocycles. The fourth-order valence-corrected chi connectivity index (χ4v) is 2.20. The van der Waals surface area contributed by atoms with Gasteiger partial charge in [0.2, 0.25) is 6.10 Å². The molecule has 0 aliphatic carbocycles. The molecular weight excluding hydrogens is 340 g/mol. The standard InChI is InChI=1S/C10H5Cl4NO4/c11-4-5(12)7(15-8(14)6(4)13)10(17)19-3-1-2-18-9(3)16/h3H,1-2H2/t3-/m1/s1. The lowest BCUT2D eigenvalue weighted by Crippen LogP contribution is -2.23. The van der Waals surface area contributed by atoms with Crippen molar-refractivity contribution in [2.24, 2.45) is 0 Å². The first-order chi connectivity index (χ1) is 8.91. The van der Waals surface area contributed by atoms with Crippen LogP contribution in [0.15, 0.2) is 0 Å². The van der Waals surface area contributed by atoms with Gasteiger partial charge in [0.15, 0.2) is 5.69 Å². The van der Waals surface area contributed by atoms with Crippen molar-refractivity contribution in [2.75, 3.05) is 6.61 Å². The lowest BCUT2D eigenvalue weighted by molar-refractivity contribution is -0.145. The molecule has 9 heteroatoms. The molecule has 1 aliphatic rings. The summed E-state index contributed by atoms with van der Waals surface area (Å²) in [6.07, 6.45) is -0.698. The first-order valence-electron chi connectivity index (χ1n) is 4.99. The highest BCUT2D eigenvalue weighted by atomic mass is 35.5. The van der Waals surface area contributed by atoms with Crippen LogP contribution in [0.1, 0.15) is 16.9 Å². The summed E-state index contributed by atoms with van der Waals surface area (Å²) in [6, 6.07) is 0. The third-order valence-electron chi connectivity index (χ3n) is 2.31. The van der Waals surface area contributed by atoms with Crippen LogP contribution in [-0.2, 0) is 14.3 Å². The van der Waals surface area contributed by atoms with Gasteiger partial charge in [0.25, 0.3) is 0 Å². The molecule has 0 unspecified atom stereocenters. The molecule has 1 aliphatic heterocycles. The SMILES string of the molecule is O=C(O[C@@H]1CCOC1=O)c1nc(Cl)c(Cl)c(Cl)c1Cl. The number of rotatable bonds is 2. The maximum Gasteiger partial charge on any atom is 0.359 e. The van der Waals surface area contributed by atoms with E-state index in [1.54, 1.807) is 0 Å². The Kier molecular flexibility index (Phi) is 4.40. The Labute approximate surface area is 127 Å². The quantitative estimate of drug-likeness (QED) is 0.609. The number of halogens is 4. The van der Waals surface area contributed by atoms with Gasteiger partial charge in [-0.25, -0.2) is 14.6 Å². The van der Waals surface area contributed by atoms with Crippen LogP contribution in [0.25, 0.3) is 0 Å². The molecule has 0 radical (unpaired) electrons. The highest BCUT2D eigenvalue weighted by Gasteiger charge is 2.32. The third-order valence-corrected chi connectivity index (χ3v) is 3.99. The zero-order valence-electron chi connectivity index (χ0n) is 9.08. The van der Waals surface area contributed by atoms with Crippen LogP contribution >= 0.6 is 46.4 Å². The lowest BCUT2D eigenvalue weighted by Gasteiger charge is -2.10. The van der Waals surface area contributed by atoms with Crippen LogP contribution in [0, 0.1) is 0 Å². The number of nitrogens with zero attached hydrogens (tertiary/aromatic N) is 1. The van der Waals surface area contributed by atoms with Gasteiger partial charge >= 0.3 is 11.9 Å². The van der Waals surface area contributed by atoms with Crippen molar-refractivity contribution in [3.8, 4) is 0 Å². The minimum absolute atomic E-state index is 0.0647. The van der Waals surface area contributed by atoms with E-state index >= 15 is 0 Å². The number of pyridine rings is 1. The monoisotopic (exact) mass is 343 g/mol. The molecule has 0 spiro atoms. The first-order valence-corrected chi connectivity index (χ1v) is 6.50. The van der Waals surface area contributed by atoms with Crippen molar-refractivity contribution in [3.05, 3.63) is 25.9 Å². The maximum absolute atomic E-state index is 11.8. The van der Waals surface area contributed by atoms with E-state index in [4.69, 9.17) is 51.1 Å². The topological polar surface area (TPSA) is 65.5 Å². The average molecular weight is 345 g/mol. The van der Waals surface area contributed by atoms with Gasteiger partial charge in [0.05, 0.1) is 21.7 Å². The van der Waals surface area contributed by atoms with Crippen LogP contribution in [0.4, 0.5) is 0 Å². The Morgan fingerprint density at radius 2 is 1.89 bits per heavy atom. The van der Waals surface area contributed by atoms with E-state index in [1.165, 1.54) is 0 Å². The Hall–Kier alpha value is -0.750. The molecule has 2 heterocycles. The summed E-state index contributed by atoms with van der Waals surface area (Å²) in [7, 11) is 0. The number of cyclic esters (lactones) is 1. The van der Waals surface area contributed by atoms with E-state index in [1.807, 2.05) is 0 Å². The second kappa shape index (κ2) is 5.71. The summed E-state index contributed by atoms with van der Waals surface area (Å²) in [5.74, 6) is -1.54. The fourth-order valence-electron chi connectivity index (χ4n) is 1.39. The van der Waals surface area contributed by atoms with Crippen molar-refractivity contribution < 1.29 is 19.1 Å². The highest BCUT2D eigenvalue weighted by Crippen LogP contribution is 2.36. The molecule has 1 aromatic rings. The van der Waals surface area contributed by atoms with Crippen molar-refractivity contribution >= 4 is 58.3 Å². The molecule has 19 heavy (non-hydrogen) atoms. The van der Waals surface area contributed by atoms with Gasteiger partial charge in [0, 0.05) is 6.42 Å². The van der Waals surface area contributed by atoms with Crippen molar-refractivity contribution in [2.45, 2.75) is 12.5 Å². The minimum atomic E-state index is -0.974. The first kappa shape index (κ1) is 14.7. The van der Waals surface area contributed by atoms with Crippen LogP contribution in [-0.4, -0.2) is 29.6 Å². The molecule has 2 rings (SSSR count). The summed E-state index contributed by atoms with van der Waals surface area (Å²) in [5, 5.41) is -0.543. The van der Waals surface area contributed by atoms with Gasteiger partial charge in [-0.15, -0.1) is 0 Å². The van der Waals surface area contributed by atoms with Crippen LogP contribution in [0.2, 0.25) is 20.2 Å². The van der Waals surface area contributed by atoms with E-state index in [2.05, 4.69) is 9.72 Å². The summed E-state index contributed by atoms with van der Waals surface area (Å²) in [6.45, 7) is 0.195. The zero-order chi connectivity index (χ0) is 14.2. The Morgan fingerprint density at radius 1 is 1.21 bits per heavy atom. The molecule has 1 saturated heterocycles. The normalized spacial score (nSPS) is 18.3. The summed E-state index contributed by atoms with van der Waals surface area (Å²) >= 11 is 23.0. The van der Waals surface area contributed by atoms with Crippen molar-refractivity contribution in [1.82, 2.24) is 4.98 Å². The number of hydrogen-bond donors (Lipinski definition) is 0. The number of ether oxygens (including phenoxy) is 2. The second-order valence-electron chi connectivity index (χ2n) is 3.54. The van der Waals surface area contributed by atoms with Crippen molar-refractivity contribution in [1.29, 1.82) is 0 Å². The van der Waals surface area contributed by atoms with E-state index in [0.717, 1.165) is 0 Å². The van der Waals surface area contributed by atoms with Gasteiger partial charge < -0.3 is 9.47 Å². The van der Waals surface area contributed by atoms with Gasteiger partial charge in [0.1, 0.15) is 5.15 Å². The van der Waals surface area contributed by atoms with Gasteiger partial charge in [-0.3, -0.25) is 0 Å². The molecule has 102 valence electrons. The largest absolute Gasteiger partial charge is 0.463 e. The van der Waals surface area contributed by atoms with Gasteiger partial charge in [-0.1, -0.05) is 46.4 Å². The van der Waals surface area contributed by atoms with E-state index in [9.17, 15) is 9.59 Å². The van der Waals surface area contributed by atoms with E-state index in [0.29, 0.717) is 0 Å². The van der Waals surface area contributed by atoms with Gasteiger partial charge in [-0.05, 0) is 0 Å².